The van der Waals surface area contributed by atoms with Gasteiger partial charge in [0, 0.05) is 22.2 Å². The van der Waals surface area contributed by atoms with Gasteiger partial charge in [-0.3, -0.25) is 15.0 Å². The predicted octanol–water partition coefficient (Wildman–Crippen LogP) is 5.29. The van der Waals surface area contributed by atoms with E-state index in [2.05, 4.69) is 27.1 Å². The topological polar surface area (TPSA) is 67.3 Å². The Hall–Kier alpha value is -2.96. The van der Waals surface area contributed by atoms with Crippen LogP contribution in [0.5, 0.6) is 5.75 Å². The molecule has 1 aliphatic rings. The molecule has 1 atom stereocenters. The van der Waals surface area contributed by atoms with E-state index in [1.807, 2.05) is 54.6 Å². The third-order valence-corrected chi connectivity index (χ3v) is 6.04. The molecule has 0 saturated carbocycles. The van der Waals surface area contributed by atoms with E-state index < -0.39 is 0 Å². The highest BCUT2D eigenvalue weighted by molar-refractivity contribution is 6.30. The summed E-state index contributed by atoms with van der Waals surface area (Å²) in [6.45, 7) is 3.46. The van der Waals surface area contributed by atoms with Crippen LogP contribution in [0.1, 0.15) is 26.2 Å². The number of likely N-dealkylation sites (tertiary alicyclic amines) is 1. The Bertz CT molecular complexity index is 1070. The molecule has 1 amide bonds. The van der Waals surface area contributed by atoms with Gasteiger partial charge in [-0.25, -0.2) is 9.97 Å². The molecule has 2 heterocycles. The van der Waals surface area contributed by atoms with Gasteiger partial charge in [-0.15, -0.1) is 0 Å². The Labute approximate surface area is 193 Å². The Kier molecular flexibility index (Phi) is 7.02. The molecule has 166 valence electrons. The van der Waals surface area contributed by atoms with E-state index in [-0.39, 0.29) is 11.9 Å². The molecule has 3 aromatic rings. The summed E-state index contributed by atoms with van der Waals surface area (Å²) in [6.07, 6.45) is 3.47. The Morgan fingerprint density at radius 3 is 2.28 bits per heavy atom. The Morgan fingerprint density at radius 1 is 1.06 bits per heavy atom. The van der Waals surface area contributed by atoms with Gasteiger partial charge in [0.2, 0.25) is 11.9 Å². The fraction of sp³-hybridized carbons (Fsp3) is 0.320. The first-order valence-electron chi connectivity index (χ1n) is 10.8. The lowest BCUT2D eigenvalue weighted by Gasteiger charge is -2.32. The number of benzene rings is 2. The maximum absolute atomic E-state index is 12.8. The fourth-order valence-corrected chi connectivity index (χ4v) is 4.05. The lowest BCUT2D eigenvalue weighted by atomic mass is 10.0. The van der Waals surface area contributed by atoms with Gasteiger partial charge in [-0.1, -0.05) is 30.2 Å². The summed E-state index contributed by atoms with van der Waals surface area (Å²) in [6, 6.07) is 17.4. The van der Waals surface area contributed by atoms with Crippen molar-refractivity contribution in [2.24, 2.45) is 0 Å². The molecule has 0 unspecified atom stereocenters. The van der Waals surface area contributed by atoms with Gasteiger partial charge in [-0.2, -0.15) is 0 Å². The predicted molar refractivity (Wildman–Crippen MR) is 128 cm³/mol. The molecule has 1 aromatic heterocycles. The van der Waals surface area contributed by atoms with E-state index in [4.69, 9.17) is 16.3 Å². The van der Waals surface area contributed by atoms with Crippen molar-refractivity contribution in [1.82, 2.24) is 14.9 Å². The second-order valence-electron chi connectivity index (χ2n) is 8.06. The minimum Gasteiger partial charge on any atom is -0.497 e. The first-order chi connectivity index (χ1) is 15.5. The zero-order valence-corrected chi connectivity index (χ0v) is 19.1. The van der Waals surface area contributed by atoms with E-state index in [1.165, 1.54) is 6.42 Å². The number of rotatable bonds is 6. The van der Waals surface area contributed by atoms with Crippen molar-refractivity contribution in [2.45, 2.75) is 32.2 Å². The number of aromatic nitrogens is 2. The van der Waals surface area contributed by atoms with E-state index in [1.54, 1.807) is 7.11 Å². The first-order valence-corrected chi connectivity index (χ1v) is 11.2. The van der Waals surface area contributed by atoms with Crippen LogP contribution in [0.15, 0.2) is 54.6 Å². The van der Waals surface area contributed by atoms with Crippen LogP contribution in [-0.4, -0.2) is 47.0 Å². The molecular weight excluding hydrogens is 424 g/mol. The van der Waals surface area contributed by atoms with Gasteiger partial charge in [-0.05, 0) is 68.8 Å². The quantitative estimate of drug-likeness (QED) is 0.553. The third-order valence-electron chi connectivity index (χ3n) is 5.79. The van der Waals surface area contributed by atoms with Gasteiger partial charge in [0.05, 0.1) is 25.0 Å². The van der Waals surface area contributed by atoms with Gasteiger partial charge < -0.3 is 4.74 Å². The molecule has 4 rings (SSSR count). The fourth-order valence-electron chi connectivity index (χ4n) is 3.92. The molecule has 1 fully saturated rings. The number of hydrogen-bond acceptors (Lipinski definition) is 5. The molecule has 0 spiro atoms. The molecule has 2 aromatic carbocycles. The molecule has 32 heavy (non-hydrogen) atoms. The number of amides is 1. The number of nitrogens with zero attached hydrogens (tertiary/aromatic N) is 3. The largest absolute Gasteiger partial charge is 0.497 e. The number of carbonyl (C=O) groups excluding carboxylic acids is 1. The highest BCUT2D eigenvalue weighted by atomic mass is 35.5. The first kappa shape index (κ1) is 22.2. The average molecular weight is 451 g/mol. The summed E-state index contributed by atoms with van der Waals surface area (Å²) in [5.41, 5.74) is 3.23. The second-order valence-corrected chi connectivity index (χ2v) is 8.50. The van der Waals surface area contributed by atoms with Crippen LogP contribution in [-0.2, 0) is 4.79 Å². The van der Waals surface area contributed by atoms with Crippen LogP contribution in [0, 0.1) is 0 Å². The van der Waals surface area contributed by atoms with E-state index in [0.29, 0.717) is 29.0 Å². The maximum Gasteiger partial charge on any atom is 0.240 e. The van der Waals surface area contributed by atoms with Crippen LogP contribution in [0.4, 0.5) is 5.95 Å². The van der Waals surface area contributed by atoms with Crippen molar-refractivity contribution in [3.8, 4) is 28.3 Å². The summed E-state index contributed by atoms with van der Waals surface area (Å²) in [5, 5.41) is 3.57. The zero-order valence-electron chi connectivity index (χ0n) is 18.3. The molecule has 1 saturated heterocycles. The van der Waals surface area contributed by atoms with Gasteiger partial charge in [0.25, 0.3) is 0 Å². The van der Waals surface area contributed by atoms with Crippen LogP contribution in [0.3, 0.4) is 0 Å². The summed E-state index contributed by atoms with van der Waals surface area (Å²) < 4.78 is 5.26. The molecule has 0 aliphatic carbocycles. The summed E-state index contributed by atoms with van der Waals surface area (Å²) in [5.74, 6) is 0.954. The number of anilines is 1. The van der Waals surface area contributed by atoms with Crippen LogP contribution in [0.25, 0.3) is 22.5 Å². The van der Waals surface area contributed by atoms with E-state index >= 15 is 0 Å². The smallest absolute Gasteiger partial charge is 0.240 e. The van der Waals surface area contributed by atoms with E-state index in [9.17, 15) is 4.79 Å². The zero-order chi connectivity index (χ0) is 22.5. The molecular formula is C25H27ClN4O2. The second kappa shape index (κ2) is 10.1. The lowest BCUT2D eigenvalue weighted by molar-refractivity contribution is -0.118. The highest BCUT2D eigenvalue weighted by Crippen LogP contribution is 2.27. The number of piperidine rings is 1. The monoisotopic (exact) mass is 450 g/mol. The number of ether oxygens (including phenoxy) is 1. The maximum atomic E-state index is 12.8. The van der Waals surface area contributed by atoms with Gasteiger partial charge in [0.15, 0.2) is 0 Å². The number of carbonyl (C=O) groups is 1. The molecule has 0 radical (unpaired) electrons. The van der Waals surface area contributed by atoms with Crippen molar-refractivity contribution in [3.05, 3.63) is 59.6 Å². The Balaban J connectivity index is 1.63. The van der Waals surface area contributed by atoms with Crippen LogP contribution in [0.2, 0.25) is 5.02 Å². The van der Waals surface area contributed by atoms with Gasteiger partial charge >= 0.3 is 0 Å². The van der Waals surface area contributed by atoms with Crippen molar-refractivity contribution in [3.63, 3.8) is 0 Å². The van der Waals surface area contributed by atoms with Gasteiger partial charge in [0.1, 0.15) is 5.75 Å². The highest BCUT2D eigenvalue weighted by Gasteiger charge is 2.21. The van der Waals surface area contributed by atoms with Crippen molar-refractivity contribution >= 4 is 23.5 Å². The standard InChI is InChI=1S/C25H27ClN4O2/c1-17-5-3-4-14-30(17)16-24(31)29-25-27-22(18-6-10-20(26)11-7-18)15-23(28-25)19-8-12-21(32-2)13-9-19/h6-13,15,17H,3-5,14,16H2,1-2H3,(H,27,28,29,31)/t17-/m0/s1. The molecule has 1 aliphatic heterocycles. The average Bonchev–Trinajstić information content (AvgIpc) is 2.81. The van der Waals surface area contributed by atoms with Crippen molar-refractivity contribution in [1.29, 1.82) is 0 Å². The van der Waals surface area contributed by atoms with Crippen LogP contribution >= 0.6 is 11.6 Å². The Morgan fingerprint density at radius 2 is 1.69 bits per heavy atom. The minimum absolute atomic E-state index is 0.104. The lowest BCUT2D eigenvalue weighted by Crippen LogP contribution is -2.42. The molecule has 0 bridgehead atoms. The summed E-state index contributed by atoms with van der Waals surface area (Å²) in [4.78, 5) is 24.2. The van der Waals surface area contributed by atoms with Crippen molar-refractivity contribution in [2.75, 3.05) is 25.5 Å². The summed E-state index contributed by atoms with van der Waals surface area (Å²) >= 11 is 6.05. The third kappa shape index (κ3) is 5.44. The number of nitrogens with one attached hydrogen (secondary N) is 1. The summed E-state index contributed by atoms with van der Waals surface area (Å²) in [7, 11) is 1.63. The number of methoxy groups -OCH3 is 1. The SMILES string of the molecule is COc1ccc(-c2cc(-c3ccc(Cl)cc3)nc(NC(=O)CN3CCCC[C@@H]3C)n2)cc1. The molecule has 1 N–H and O–H groups in total. The van der Waals surface area contributed by atoms with Crippen LogP contribution < -0.4 is 10.1 Å². The molecule has 6 nitrogen and oxygen atoms in total. The number of hydrogen-bond donors (Lipinski definition) is 1. The molecule has 7 heteroatoms. The van der Waals surface area contributed by atoms with Crippen molar-refractivity contribution < 1.29 is 9.53 Å². The minimum atomic E-state index is -0.104. The van der Waals surface area contributed by atoms with E-state index in [0.717, 1.165) is 36.3 Å². The number of halogens is 1. The normalized spacial score (nSPS) is 16.5.